The van der Waals surface area contributed by atoms with E-state index in [1.54, 1.807) is 5.01 Å². The fourth-order valence-electron chi connectivity index (χ4n) is 1.41. The largest absolute Gasteiger partial charge is 0.340 e. The lowest BCUT2D eigenvalue weighted by atomic mass is 10.2. The van der Waals surface area contributed by atoms with Crippen LogP contribution in [0.5, 0.6) is 0 Å². The van der Waals surface area contributed by atoms with Crippen LogP contribution in [0.4, 0.5) is 16.2 Å². The summed E-state index contributed by atoms with van der Waals surface area (Å²) in [6.07, 6.45) is 0. The average Bonchev–Trinajstić information content (AvgIpc) is 2.16. The number of carbonyl (C=O) groups excluding carboxylic acids is 1. The van der Waals surface area contributed by atoms with Crippen LogP contribution in [0.15, 0.2) is 24.3 Å². The Kier molecular flexibility index (Phi) is 2.04. The number of para-hydroxylation sites is 2. The molecule has 0 bridgehead atoms. The minimum atomic E-state index is -0.112. The molecule has 2 rings (SSSR count). The van der Waals surface area contributed by atoms with Gasteiger partial charge in [-0.1, -0.05) is 12.1 Å². The van der Waals surface area contributed by atoms with Crippen LogP contribution in [-0.2, 0) is 0 Å². The van der Waals surface area contributed by atoms with Crippen molar-refractivity contribution in [1.29, 1.82) is 0 Å². The highest BCUT2D eigenvalue weighted by molar-refractivity contribution is 5.97. The van der Waals surface area contributed by atoms with Crippen LogP contribution < -0.4 is 10.7 Å². The van der Waals surface area contributed by atoms with Gasteiger partial charge in [-0.2, -0.15) is 0 Å². The number of rotatable bonds is 1. The second-order valence-electron chi connectivity index (χ2n) is 3.55. The zero-order chi connectivity index (χ0) is 10.1. The van der Waals surface area contributed by atoms with Crippen LogP contribution in [0.2, 0.25) is 0 Å². The molecular weight excluding hydrogens is 178 g/mol. The van der Waals surface area contributed by atoms with Crippen molar-refractivity contribution < 1.29 is 4.79 Å². The summed E-state index contributed by atoms with van der Waals surface area (Å²) in [6, 6.07) is 7.65. The van der Waals surface area contributed by atoms with Crippen molar-refractivity contribution in [2.75, 3.05) is 10.7 Å². The van der Waals surface area contributed by atoms with Gasteiger partial charge in [0.05, 0.1) is 11.4 Å². The zero-order valence-electron chi connectivity index (χ0n) is 8.24. The molecular formula is C10H13N3O. The first-order valence-corrected chi connectivity index (χ1v) is 4.64. The molecule has 14 heavy (non-hydrogen) atoms. The van der Waals surface area contributed by atoms with Gasteiger partial charge in [-0.3, -0.25) is 5.43 Å². The first-order chi connectivity index (χ1) is 6.68. The smallest absolute Gasteiger partial charge is 0.304 e. The van der Waals surface area contributed by atoms with Crippen molar-refractivity contribution in [3.05, 3.63) is 24.3 Å². The molecule has 1 aliphatic rings. The molecule has 1 heterocycles. The molecule has 74 valence electrons. The van der Waals surface area contributed by atoms with Crippen LogP contribution in [0.25, 0.3) is 0 Å². The molecule has 0 saturated carbocycles. The molecule has 1 aromatic carbocycles. The van der Waals surface area contributed by atoms with E-state index in [-0.39, 0.29) is 12.1 Å². The van der Waals surface area contributed by atoms with E-state index in [4.69, 9.17) is 0 Å². The third-order valence-electron chi connectivity index (χ3n) is 2.14. The van der Waals surface area contributed by atoms with E-state index in [9.17, 15) is 4.79 Å². The first kappa shape index (κ1) is 8.87. The number of hydrazine groups is 1. The molecule has 4 heteroatoms. The van der Waals surface area contributed by atoms with Gasteiger partial charge in [-0.15, -0.1) is 0 Å². The topological polar surface area (TPSA) is 44.4 Å². The Balaban J connectivity index is 2.31. The van der Waals surface area contributed by atoms with Crippen LogP contribution >= 0.6 is 0 Å². The molecule has 0 fully saturated rings. The summed E-state index contributed by atoms with van der Waals surface area (Å²) >= 11 is 0. The average molecular weight is 191 g/mol. The van der Waals surface area contributed by atoms with Gasteiger partial charge in [0.25, 0.3) is 0 Å². The molecule has 1 aromatic rings. The summed E-state index contributed by atoms with van der Waals surface area (Å²) in [5, 5.41) is 4.39. The van der Waals surface area contributed by atoms with Gasteiger partial charge in [0, 0.05) is 6.04 Å². The maximum atomic E-state index is 11.6. The molecule has 0 aliphatic carbocycles. The fourth-order valence-corrected chi connectivity index (χ4v) is 1.41. The normalized spacial score (nSPS) is 14.8. The monoisotopic (exact) mass is 191 g/mol. The summed E-state index contributed by atoms with van der Waals surface area (Å²) in [4.78, 5) is 11.6. The number of nitrogens with zero attached hydrogens (tertiary/aromatic N) is 1. The standard InChI is InChI=1S/C10H13N3O/c1-7(2)13-10(14)11-8-5-3-4-6-9(8)12-13/h3-7,12H,1-2H3,(H,11,14). The highest BCUT2D eigenvalue weighted by atomic mass is 16.2. The summed E-state index contributed by atoms with van der Waals surface area (Å²) < 4.78 is 0. The third-order valence-corrected chi connectivity index (χ3v) is 2.14. The van der Waals surface area contributed by atoms with E-state index in [1.165, 1.54) is 0 Å². The minimum Gasteiger partial charge on any atom is -0.304 e. The fraction of sp³-hybridized carbons (Fsp3) is 0.300. The molecule has 0 unspecified atom stereocenters. The summed E-state index contributed by atoms with van der Waals surface area (Å²) in [7, 11) is 0. The number of fused-ring (bicyclic) bond motifs is 1. The van der Waals surface area contributed by atoms with Crippen molar-refractivity contribution in [2.24, 2.45) is 0 Å². The molecule has 2 N–H and O–H groups in total. The lowest BCUT2D eigenvalue weighted by molar-refractivity contribution is 0.209. The van der Waals surface area contributed by atoms with Crippen molar-refractivity contribution >= 4 is 17.4 Å². The van der Waals surface area contributed by atoms with Crippen LogP contribution in [0.1, 0.15) is 13.8 Å². The number of benzene rings is 1. The Bertz CT molecular complexity index is 362. The van der Waals surface area contributed by atoms with Gasteiger partial charge in [0.1, 0.15) is 0 Å². The summed E-state index contributed by atoms with van der Waals surface area (Å²) in [5.74, 6) is 0. The number of amides is 2. The number of anilines is 2. The molecule has 0 aromatic heterocycles. The van der Waals surface area contributed by atoms with E-state index < -0.39 is 0 Å². The van der Waals surface area contributed by atoms with Crippen molar-refractivity contribution in [2.45, 2.75) is 19.9 Å². The number of hydrogen-bond donors (Lipinski definition) is 2. The predicted octanol–water partition coefficient (Wildman–Crippen LogP) is 2.27. The lowest BCUT2D eigenvalue weighted by Crippen LogP contribution is -2.47. The van der Waals surface area contributed by atoms with Crippen molar-refractivity contribution in [3.8, 4) is 0 Å². The molecule has 0 atom stereocenters. The Labute approximate surface area is 82.9 Å². The van der Waals surface area contributed by atoms with E-state index in [1.807, 2.05) is 38.1 Å². The van der Waals surface area contributed by atoms with Gasteiger partial charge in [-0.05, 0) is 26.0 Å². The number of urea groups is 1. The molecule has 4 nitrogen and oxygen atoms in total. The predicted molar refractivity (Wildman–Crippen MR) is 56.1 cm³/mol. The second kappa shape index (κ2) is 3.21. The maximum Gasteiger partial charge on any atom is 0.340 e. The highest BCUT2D eigenvalue weighted by Crippen LogP contribution is 2.26. The van der Waals surface area contributed by atoms with E-state index in [0.717, 1.165) is 11.4 Å². The molecule has 2 amide bonds. The Morgan fingerprint density at radius 3 is 2.50 bits per heavy atom. The first-order valence-electron chi connectivity index (χ1n) is 4.64. The van der Waals surface area contributed by atoms with E-state index in [0.29, 0.717) is 0 Å². The Morgan fingerprint density at radius 2 is 1.86 bits per heavy atom. The second-order valence-corrected chi connectivity index (χ2v) is 3.55. The van der Waals surface area contributed by atoms with Gasteiger partial charge < -0.3 is 5.32 Å². The lowest BCUT2D eigenvalue weighted by Gasteiger charge is -2.33. The number of carbonyl (C=O) groups is 1. The summed E-state index contributed by atoms with van der Waals surface area (Å²) in [5.41, 5.74) is 4.83. The highest BCUT2D eigenvalue weighted by Gasteiger charge is 2.23. The third kappa shape index (κ3) is 1.39. The molecule has 1 aliphatic heterocycles. The molecule has 0 radical (unpaired) electrons. The number of nitrogens with one attached hydrogen (secondary N) is 2. The SMILES string of the molecule is CC(C)N1Nc2ccccc2NC1=O. The van der Waals surface area contributed by atoms with Gasteiger partial charge in [0.15, 0.2) is 0 Å². The summed E-state index contributed by atoms with van der Waals surface area (Å²) in [6.45, 7) is 3.92. The van der Waals surface area contributed by atoms with E-state index in [2.05, 4.69) is 10.7 Å². The quantitative estimate of drug-likeness (QED) is 0.715. The Morgan fingerprint density at radius 1 is 1.21 bits per heavy atom. The van der Waals surface area contributed by atoms with Crippen molar-refractivity contribution in [3.63, 3.8) is 0 Å². The minimum absolute atomic E-state index is 0.112. The van der Waals surface area contributed by atoms with Crippen LogP contribution in [0, 0.1) is 0 Å². The van der Waals surface area contributed by atoms with Gasteiger partial charge in [-0.25, -0.2) is 9.80 Å². The maximum absolute atomic E-state index is 11.6. The van der Waals surface area contributed by atoms with Gasteiger partial charge in [0.2, 0.25) is 0 Å². The Hall–Kier alpha value is -1.71. The number of hydrogen-bond acceptors (Lipinski definition) is 2. The molecule has 0 saturated heterocycles. The van der Waals surface area contributed by atoms with Crippen LogP contribution in [-0.4, -0.2) is 17.1 Å². The zero-order valence-corrected chi connectivity index (χ0v) is 8.24. The van der Waals surface area contributed by atoms with Gasteiger partial charge >= 0.3 is 6.03 Å². The van der Waals surface area contributed by atoms with Crippen LogP contribution in [0.3, 0.4) is 0 Å². The molecule has 0 spiro atoms. The van der Waals surface area contributed by atoms with E-state index >= 15 is 0 Å². The van der Waals surface area contributed by atoms with Crippen molar-refractivity contribution in [1.82, 2.24) is 5.01 Å².